The van der Waals surface area contributed by atoms with Gasteiger partial charge in [0.05, 0.1) is 9.79 Å². The minimum atomic E-state index is -4.50. The number of benzene rings is 4. The molecule has 65 heavy (non-hydrogen) atoms. The van der Waals surface area contributed by atoms with Gasteiger partial charge in [-0.25, -0.2) is 16.8 Å². The maximum absolute atomic E-state index is 12.2. The van der Waals surface area contributed by atoms with Crippen LogP contribution in [0.5, 0.6) is 0 Å². The van der Waals surface area contributed by atoms with E-state index < -0.39 is 20.2 Å². The van der Waals surface area contributed by atoms with E-state index in [1.807, 2.05) is 36.4 Å². The molecule has 0 atom stereocenters. The van der Waals surface area contributed by atoms with Crippen LogP contribution in [-0.2, 0) is 45.9 Å². The van der Waals surface area contributed by atoms with E-state index >= 15 is 0 Å². The number of rotatable bonds is 34. The molecule has 360 valence electrons. The van der Waals surface area contributed by atoms with Gasteiger partial charge in [-0.15, -0.1) is 0 Å². The molecule has 0 N–H and O–H groups in total. The van der Waals surface area contributed by atoms with Crippen molar-refractivity contribution in [3.63, 3.8) is 0 Å². The smallest absolute Gasteiger partial charge is 0.744 e. The first-order chi connectivity index (χ1) is 31.0. The fourth-order valence-electron chi connectivity index (χ4n) is 9.40. The molecule has 0 aliphatic heterocycles. The van der Waals surface area contributed by atoms with Gasteiger partial charge in [0.25, 0.3) is 0 Å². The molecule has 0 saturated carbocycles. The van der Waals surface area contributed by atoms with Crippen LogP contribution in [0.4, 0.5) is 0 Å². The molecule has 0 amide bonds. The molecule has 9 heteroatoms. The molecule has 0 unspecified atom stereocenters. The first-order valence-corrected chi connectivity index (χ1v) is 28.8. The van der Waals surface area contributed by atoms with Gasteiger partial charge in [0.1, 0.15) is 20.2 Å². The van der Waals surface area contributed by atoms with E-state index in [0.717, 1.165) is 108 Å². The first kappa shape index (κ1) is 59.6. The van der Waals surface area contributed by atoms with E-state index in [1.54, 1.807) is 12.1 Å². The van der Waals surface area contributed by atoms with Crippen molar-refractivity contribution >= 4 is 79.5 Å². The molecule has 0 saturated heterocycles. The van der Waals surface area contributed by atoms with Crippen LogP contribution in [0.15, 0.2) is 70.5 Å². The van der Waals surface area contributed by atoms with Crippen molar-refractivity contribution in [1.82, 2.24) is 0 Å². The van der Waals surface area contributed by atoms with Crippen molar-refractivity contribution in [2.75, 3.05) is 0 Å². The Balaban J connectivity index is 0.000000440. The minimum absolute atomic E-state index is 0. The zero-order chi connectivity index (χ0) is 46.5. The minimum Gasteiger partial charge on any atom is -0.744 e. The monoisotopic (exact) mass is 959 g/mol. The van der Waals surface area contributed by atoms with Gasteiger partial charge >= 0.3 is 37.7 Å². The van der Waals surface area contributed by atoms with Gasteiger partial charge in [0, 0.05) is 0 Å². The van der Waals surface area contributed by atoms with Crippen LogP contribution in [0.1, 0.15) is 230 Å². The van der Waals surface area contributed by atoms with Crippen LogP contribution in [0.2, 0.25) is 0 Å². The van der Waals surface area contributed by atoms with E-state index in [9.17, 15) is 25.9 Å². The van der Waals surface area contributed by atoms with Crippen molar-refractivity contribution in [1.29, 1.82) is 0 Å². The van der Waals surface area contributed by atoms with Crippen LogP contribution in [0, 0.1) is 0 Å². The molecule has 4 aromatic carbocycles. The van der Waals surface area contributed by atoms with Gasteiger partial charge in [-0.2, -0.15) is 0 Å². The number of fused-ring (bicyclic) bond motifs is 2. The quantitative estimate of drug-likeness (QED) is 0.0262. The van der Waals surface area contributed by atoms with Gasteiger partial charge in [-0.3, -0.25) is 0 Å². The van der Waals surface area contributed by atoms with E-state index in [1.165, 1.54) is 128 Å². The number of hydrogen-bond donors (Lipinski definition) is 0. The Labute approximate surface area is 427 Å². The second-order valence-electron chi connectivity index (χ2n) is 18.5. The van der Waals surface area contributed by atoms with Gasteiger partial charge in [-0.05, 0) is 107 Å². The fraction of sp³-hybridized carbons (Fsp3) is 0.643. The number of hydrogen-bond acceptors (Lipinski definition) is 6. The predicted octanol–water partition coefficient (Wildman–Crippen LogP) is 16.3. The van der Waals surface area contributed by atoms with Crippen molar-refractivity contribution in [2.45, 2.75) is 243 Å². The van der Waals surface area contributed by atoms with Crippen LogP contribution in [0.3, 0.4) is 0 Å². The Morgan fingerprint density at radius 3 is 0.831 bits per heavy atom. The average Bonchev–Trinajstić information content (AvgIpc) is 3.27. The van der Waals surface area contributed by atoms with Gasteiger partial charge < -0.3 is 9.11 Å². The van der Waals surface area contributed by atoms with Crippen LogP contribution >= 0.6 is 0 Å². The maximum Gasteiger partial charge on any atom is 2.00 e. The maximum atomic E-state index is 12.2. The Morgan fingerprint density at radius 2 is 0.569 bits per heavy atom. The molecular weight excluding hydrogens is 873 g/mol. The van der Waals surface area contributed by atoms with E-state index in [0.29, 0.717) is 12.8 Å². The first-order valence-electron chi connectivity index (χ1n) is 26.0. The predicted molar refractivity (Wildman–Crippen MR) is 276 cm³/mol. The summed E-state index contributed by atoms with van der Waals surface area (Å²) in [6.07, 6.45) is 36.4. The molecule has 0 aliphatic carbocycles. The number of unbranched alkanes of at least 4 members (excludes halogenated alkanes) is 24. The Bertz CT molecular complexity index is 1960. The van der Waals surface area contributed by atoms with E-state index in [4.69, 9.17) is 0 Å². The third-order valence-electron chi connectivity index (χ3n) is 13.1. The summed E-state index contributed by atoms with van der Waals surface area (Å²) in [5.41, 5.74) is 3.47. The Hall–Kier alpha value is -1.52. The molecule has 0 fully saturated rings. The van der Waals surface area contributed by atoms with Crippen molar-refractivity contribution in [3.8, 4) is 0 Å². The van der Waals surface area contributed by atoms with Crippen LogP contribution in [-0.4, -0.2) is 63.7 Å². The zero-order valence-electron chi connectivity index (χ0n) is 41.4. The molecule has 0 bridgehead atoms. The number of aryl methyl sites for hydroxylation is 4. The summed E-state index contributed by atoms with van der Waals surface area (Å²) >= 11 is 0. The summed E-state index contributed by atoms with van der Waals surface area (Å²) in [5.74, 6) is 0. The average molecular weight is 960 g/mol. The van der Waals surface area contributed by atoms with Crippen LogP contribution < -0.4 is 0 Å². The molecule has 0 aromatic heterocycles. The standard InChI is InChI=1S/2C28H44O3S.Ca/c2*1-3-5-7-9-11-13-15-19-24-23-28(32(29,30)31)27(26-21-18-17-20-25(24)26)22-16-14-12-10-8-6-4-2;/h2*17-18,20-21,23H,3-16,19,22H2,1-2H3,(H,29,30,31);/q;;+2/p-2. The third-order valence-corrected chi connectivity index (χ3v) is 14.9. The summed E-state index contributed by atoms with van der Waals surface area (Å²) in [6, 6.07) is 19.5. The summed E-state index contributed by atoms with van der Waals surface area (Å²) in [5, 5.41) is 4.13. The summed E-state index contributed by atoms with van der Waals surface area (Å²) in [6.45, 7) is 8.88. The molecule has 4 aromatic rings. The molecule has 4 rings (SSSR count). The van der Waals surface area contributed by atoms with Crippen LogP contribution in [0.25, 0.3) is 21.5 Å². The molecular formula is C56H86CaO6S2. The zero-order valence-corrected chi connectivity index (χ0v) is 45.2. The van der Waals surface area contributed by atoms with Gasteiger partial charge in [0.2, 0.25) is 0 Å². The second-order valence-corrected chi connectivity index (χ2v) is 21.2. The topological polar surface area (TPSA) is 114 Å². The molecule has 0 aliphatic rings. The second kappa shape index (κ2) is 34.7. The largest absolute Gasteiger partial charge is 2.00 e. The van der Waals surface area contributed by atoms with Gasteiger partial charge in [0.15, 0.2) is 0 Å². The third kappa shape index (κ3) is 22.6. The van der Waals surface area contributed by atoms with Crippen molar-refractivity contribution in [2.24, 2.45) is 0 Å². The summed E-state index contributed by atoms with van der Waals surface area (Å²) in [4.78, 5) is 0.0280. The normalized spacial score (nSPS) is 11.8. The molecule has 0 heterocycles. The Kier molecular flexibility index (Phi) is 31.8. The van der Waals surface area contributed by atoms with Crippen molar-refractivity contribution in [3.05, 3.63) is 82.9 Å². The molecule has 0 radical (unpaired) electrons. The van der Waals surface area contributed by atoms with E-state index in [-0.39, 0.29) is 47.5 Å². The van der Waals surface area contributed by atoms with Gasteiger partial charge in [-0.1, -0.05) is 230 Å². The molecule has 6 nitrogen and oxygen atoms in total. The fourth-order valence-corrected chi connectivity index (χ4v) is 11.0. The SMILES string of the molecule is CCCCCCCCCc1cc(S(=O)(=O)[O-])c(CCCCCCCCC)c2ccccc12.CCCCCCCCCc1cc(S(=O)(=O)[O-])c(CCCCCCCCC)c2ccccc12.[Ca+2]. The summed E-state index contributed by atoms with van der Waals surface area (Å²) in [7, 11) is -9.00. The van der Waals surface area contributed by atoms with E-state index in [2.05, 4.69) is 39.8 Å². The Morgan fingerprint density at radius 1 is 0.338 bits per heavy atom. The summed E-state index contributed by atoms with van der Waals surface area (Å²) < 4.78 is 73.1. The van der Waals surface area contributed by atoms with Crippen molar-refractivity contribution < 1.29 is 25.9 Å². The molecule has 0 spiro atoms.